The molecule has 3 nitrogen and oxygen atoms in total. The molecule has 0 bridgehead atoms. The van der Waals surface area contributed by atoms with Gasteiger partial charge in [-0.05, 0) is 96.1 Å². The van der Waals surface area contributed by atoms with E-state index < -0.39 is 0 Å². The summed E-state index contributed by atoms with van der Waals surface area (Å²) in [5.74, 6) is 0.724. The van der Waals surface area contributed by atoms with Gasteiger partial charge in [0.25, 0.3) is 0 Å². The van der Waals surface area contributed by atoms with Crippen LogP contribution in [0, 0.1) is 0 Å². The molecule has 2 heterocycles. The van der Waals surface area contributed by atoms with Gasteiger partial charge in [-0.1, -0.05) is 116 Å². The number of hydrogen-bond acceptors (Lipinski definition) is 2. The van der Waals surface area contributed by atoms with E-state index in [1.165, 1.54) is 64.2 Å². The molecule has 0 amide bonds. The molecule has 7 aromatic carbocycles. The first-order valence-corrected chi connectivity index (χ1v) is 17.8. The lowest BCUT2D eigenvalue weighted by Crippen LogP contribution is -2.10. The number of furan rings is 1. The Labute approximate surface area is 291 Å². The van der Waals surface area contributed by atoms with Crippen LogP contribution < -0.4 is 4.90 Å². The number of fused-ring (bicyclic) bond motifs is 6. The van der Waals surface area contributed by atoms with E-state index in [1.54, 1.807) is 0 Å². The van der Waals surface area contributed by atoms with Gasteiger partial charge in [-0.3, -0.25) is 0 Å². The molecule has 1 aliphatic carbocycles. The maximum atomic E-state index is 6.59. The number of aromatic nitrogens is 1. The Hall–Kier alpha value is -6.06. The molecule has 0 unspecified atom stereocenters. The van der Waals surface area contributed by atoms with Crippen molar-refractivity contribution in [3.05, 3.63) is 169 Å². The van der Waals surface area contributed by atoms with Crippen molar-refractivity contribution in [3.63, 3.8) is 0 Å². The van der Waals surface area contributed by atoms with E-state index >= 15 is 0 Å². The van der Waals surface area contributed by atoms with Gasteiger partial charge in [0.15, 0.2) is 5.58 Å². The van der Waals surface area contributed by atoms with Crippen LogP contribution in [0.1, 0.15) is 37.2 Å². The summed E-state index contributed by atoms with van der Waals surface area (Å²) in [6.07, 6.45) is 5.35. The second kappa shape index (κ2) is 11.8. The Bertz CT molecular complexity index is 2580. The van der Waals surface area contributed by atoms with Crippen LogP contribution in [0.15, 0.2) is 168 Å². The maximum absolute atomic E-state index is 6.59. The van der Waals surface area contributed by atoms with Gasteiger partial charge in [0.2, 0.25) is 0 Å². The summed E-state index contributed by atoms with van der Waals surface area (Å²) in [6.45, 7) is 0. The van der Waals surface area contributed by atoms with E-state index in [4.69, 9.17) is 4.42 Å². The zero-order valence-electron chi connectivity index (χ0n) is 27.8. The minimum Gasteiger partial charge on any atom is -0.454 e. The number of hydrogen-bond donors (Lipinski definition) is 0. The molecule has 0 spiro atoms. The topological polar surface area (TPSA) is 21.3 Å². The average molecular weight is 645 g/mol. The molecule has 240 valence electrons. The first-order valence-electron chi connectivity index (χ1n) is 17.8. The summed E-state index contributed by atoms with van der Waals surface area (Å²) in [5.41, 5.74) is 12.4. The molecular weight excluding hydrogens is 609 g/mol. The molecule has 0 radical (unpaired) electrons. The lowest BCUT2D eigenvalue weighted by atomic mass is 9.95. The highest BCUT2D eigenvalue weighted by molar-refractivity contribution is 6.11. The molecule has 0 N–H and O–H groups in total. The van der Waals surface area contributed by atoms with Crippen molar-refractivity contribution in [2.24, 2.45) is 0 Å². The molecule has 1 saturated carbocycles. The van der Waals surface area contributed by atoms with Crippen LogP contribution in [0.2, 0.25) is 0 Å². The summed E-state index contributed by atoms with van der Waals surface area (Å²) in [4.78, 5) is 2.33. The molecule has 1 aliphatic rings. The molecule has 50 heavy (non-hydrogen) atoms. The molecule has 0 atom stereocenters. The molecule has 9 aromatic rings. The summed E-state index contributed by atoms with van der Waals surface area (Å²) in [5, 5.41) is 4.77. The van der Waals surface area contributed by atoms with E-state index in [2.05, 4.69) is 167 Å². The molecule has 2 aromatic heterocycles. The number of anilines is 3. The predicted octanol–water partition coefficient (Wildman–Crippen LogP) is 13.5. The van der Waals surface area contributed by atoms with E-state index in [0.717, 1.165) is 50.6 Å². The highest BCUT2D eigenvalue weighted by atomic mass is 16.3. The van der Waals surface area contributed by atoms with Crippen LogP contribution in [0.5, 0.6) is 0 Å². The number of para-hydroxylation sites is 4. The number of nitrogens with zero attached hydrogens (tertiary/aromatic N) is 2. The quantitative estimate of drug-likeness (QED) is 0.180. The molecule has 3 heteroatoms. The van der Waals surface area contributed by atoms with Crippen molar-refractivity contribution in [2.45, 2.75) is 31.6 Å². The van der Waals surface area contributed by atoms with Crippen molar-refractivity contribution < 1.29 is 4.42 Å². The minimum atomic E-state index is 0.724. The Morgan fingerprint density at radius 1 is 0.480 bits per heavy atom. The van der Waals surface area contributed by atoms with Crippen molar-refractivity contribution in [1.82, 2.24) is 4.57 Å². The van der Waals surface area contributed by atoms with E-state index in [0.29, 0.717) is 0 Å². The van der Waals surface area contributed by atoms with Crippen LogP contribution in [-0.2, 0) is 0 Å². The number of rotatable bonds is 6. The highest BCUT2D eigenvalue weighted by Gasteiger charge is 2.21. The SMILES string of the molecule is c1ccc2c(c1)oc1c(N(c3ccc(-c4ccc(C5CCCC5)cc4)cc3)c3ccc(-n4c5ccccc5c5ccccc54)cc3)cccc12. The predicted molar refractivity (Wildman–Crippen MR) is 209 cm³/mol. The van der Waals surface area contributed by atoms with Gasteiger partial charge in [-0.2, -0.15) is 0 Å². The molecule has 1 fully saturated rings. The fraction of sp³-hybridized carbons (Fsp3) is 0.106. The van der Waals surface area contributed by atoms with Crippen LogP contribution in [-0.4, -0.2) is 4.57 Å². The van der Waals surface area contributed by atoms with Crippen LogP contribution in [0.3, 0.4) is 0 Å². The Kier molecular flexibility index (Phi) is 6.83. The fourth-order valence-corrected chi connectivity index (χ4v) is 8.30. The maximum Gasteiger partial charge on any atom is 0.159 e. The normalized spacial score (nSPS) is 13.6. The van der Waals surface area contributed by atoms with Gasteiger partial charge in [0.1, 0.15) is 5.58 Å². The lowest BCUT2D eigenvalue weighted by Gasteiger charge is -2.26. The fourth-order valence-electron chi connectivity index (χ4n) is 8.30. The van der Waals surface area contributed by atoms with Gasteiger partial charge in [0.05, 0.1) is 16.7 Å². The summed E-state index contributed by atoms with van der Waals surface area (Å²) < 4.78 is 8.95. The third-order valence-electron chi connectivity index (χ3n) is 10.8. The van der Waals surface area contributed by atoms with Gasteiger partial charge in [-0.15, -0.1) is 0 Å². The standard InChI is InChI=1S/C47H36N2O/c1-2-11-32(10-1)33-20-22-34(23-21-33)35-24-26-36(27-25-35)48(45-18-9-15-42-41-14-5-8-19-46(41)50-47(42)45)37-28-30-38(31-29-37)49-43-16-6-3-12-39(43)40-13-4-7-17-44(40)49/h3-9,12-32H,1-2,10-11H2. The molecular formula is C47H36N2O. The van der Waals surface area contributed by atoms with E-state index in [9.17, 15) is 0 Å². The van der Waals surface area contributed by atoms with Crippen molar-refractivity contribution in [2.75, 3.05) is 4.90 Å². The molecule has 0 saturated heterocycles. The van der Waals surface area contributed by atoms with Crippen LogP contribution in [0.25, 0.3) is 60.6 Å². The highest BCUT2D eigenvalue weighted by Crippen LogP contribution is 2.43. The first kappa shape index (κ1) is 28.9. The average Bonchev–Trinajstić information content (AvgIpc) is 3.93. The van der Waals surface area contributed by atoms with Gasteiger partial charge in [-0.25, -0.2) is 0 Å². The third kappa shape index (κ3) is 4.73. The second-order valence-corrected chi connectivity index (χ2v) is 13.6. The Balaban J connectivity index is 1.09. The number of benzene rings is 7. The van der Waals surface area contributed by atoms with Crippen LogP contribution in [0.4, 0.5) is 17.1 Å². The summed E-state index contributed by atoms with van der Waals surface area (Å²) >= 11 is 0. The van der Waals surface area contributed by atoms with Gasteiger partial charge >= 0.3 is 0 Å². The Morgan fingerprint density at radius 2 is 1.02 bits per heavy atom. The van der Waals surface area contributed by atoms with Crippen molar-refractivity contribution >= 4 is 60.8 Å². The zero-order chi connectivity index (χ0) is 33.0. The van der Waals surface area contributed by atoms with Crippen LogP contribution >= 0.6 is 0 Å². The van der Waals surface area contributed by atoms with Crippen molar-refractivity contribution in [1.29, 1.82) is 0 Å². The molecule has 10 rings (SSSR count). The van der Waals surface area contributed by atoms with Crippen molar-refractivity contribution in [3.8, 4) is 16.8 Å². The zero-order valence-corrected chi connectivity index (χ0v) is 27.8. The summed E-state index contributed by atoms with van der Waals surface area (Å²) in [6, 6.07) is 59.3. The van der Waals surface area contributed by atoms with E-state index in [1.807, 2.05) is 6.07 Å². The van der Waals surface area contributed by atoms with Gasteiger partial charge in [0, 0.05) is 38.6 Å². The first-order chi connectivity index (χ1) is 24.8. The minimum absolute atomic E-state index is 0.724. The second-order valence-electron chi connectivity index (χ2n) is 13.6. The lowest BCUT2D eigenvalue weighted by molar-refractivity contribution is 0.669. The molecule has 0 aliphatic heterocycles. The van der Waals surface area contributed by atoms with Gasteiger partial charge < -0.3 is 13.9 Å². The largest absolute Gasteiger partial charge is 0.454 e. The smallest absolute Gasteiger partial charge is 0.159 e. The Morgan fingerprint density at radius 3 is 1.68 bits per heavy atom. The third-order valence-corrected chi connectivity index (χ3v) is 10.8. The van der Waals surface area contributed by atoms with E-state index in [-0.39, 0.29) is 0 Å². The summed E-state index contributed by atoms with van der Waals surface area (Å²) in [7, 11) is 0. The monoisotopic (exact) mass is 644 g/mol.